The number of nitrogens with zero attached hydrogens (tertiary/aromatic N) is 4. The van der Waals surface area contributed by atoms with Gasteiger partial charge in [0.05, 0.1) is 13.7 Å². The molecular formula is C29H32N6O5. The van der Waals surface area contributed by atoms with E-state index in [0.717, 1.165) is 43.9 Å². The van der Waals surface area contributed by atoms with Crippen molar-refractivity contribution in [2.45, 2.75) is 25.0 Å². The molecule has 0 saturated carbocycles. The largest absolute Gasteiger partial charge is 0.497 e. The number of piperazine rings is 1. The molecule has 2 aromatic rings. The van der Waals surface area contributed by atoms with Crippen LogP contribution in [0.5, 0.6) is 5.75 Å². The van der Waals surface area contributed by atoms with E-state index < -0.39 is 23.6 Å². The molecule has 11 nitrogen and oxygen atoms in total. The number of ether oxygens (including phenoxy) is 1. The zero-order valence-corrected chi connectivity index (χ0v) is 22.6. The number of fused-ring (bicyclic) bond motifs is 1. The van der Waals surface area contributed by atoms with Crippen LogP contribution in [0.4, 0.5) is 4.79 Å². The van der Waals surface area contributed by atoms with Crippen LogP contribution in [0.25, 0.3) is 0 Å². The lowest BCUT2D eigenvalue weighted by molar-refractivity contribution is -0.122. The summed E-state index contributed by atoms with van der Waals surface area (Å²) in [5.74, 6) is 5.74. The molecule has 208 valence electrons. The number of benzene rings is 2. The molecule has 40 heavy (non-hydrogen) atoms. The Morgan fingerprint density at radius 2 is 1.80 bits per heavy atom. The van der Waals surface area contributed by atoms with Crippen molar-refractivity contribution in [3.63, 3.8) is 0 Å². The summed E-state index contributed by atoms with van der Waals surface area (Å²) in [5, 5.41) is 8.26. The fourth-order valence-electron chi connectivity index (χ4n) is 5.39. The lowest BCUT2D eigenvalue weighted by Gasteiger charge is -2.36. The van der Waals surface area contributed by atoms with E-state index in [1.165, 1.54) is 4.90 Å². The van der Waals surface area contributed by atoms with E-state index in [1.807, 2.05) is 18.2 Å². The van der Waals surface area contributed by atoms with E-state index in [4.69, 9.17) is 4.74 Å². The van der Waals surface area contributed by atoms with Crippen LogP contribution < -0.4 is 15.4 Å². The van der Waals surface area contributed by atoms with Crippen molar-refractivity contribution in [3.8, 4) is 17.6 Å². The molecule has 5 rings (SSSR count). The molecule has 2 atom stereocenters. The lowest BCUT2D eigenvalue weighted by Crippen LogP contribution is -2.56. The van der Waals surface area contributed by atoms with Crippen molar-refractivity contribution in [1.29, 1.82) is 0 Å². The van der Waals surface area contributed by atoms with Gasteiger partial charge in [-0.25, -0.2) is 4.79 Å². The van der Waals surface area contributed by atoms with E-state index in [0.29, 0.717) is 29.8 Å². The molecule has 2 fully saturated rings. The summed E-state index contributed by atoms with van der Waals surface area (Å²) in [5.41, 5.74) is 1.17. The Bertz CT molecular complexity index is 1380. The summed E-state index contributed by atoms with van der Waals surface area (Å²) in [6.45, 7) is 6.68. The predicted molar refractivity (Wildman–Crippen MR) is 148 cm³/mol. The van der Waals surface area contributed by atoms with E-state index in [-0.39, 0.29) is 12.5 Å². The molecule has 1 unspecified atom stereocenters. The molecule has 0 spiro atoms. The molecule has 0 aliphatic carbocycles. The number of hydrogen-bond donors (Lipinski definition) is 2. The minimum atomic E-state index is -1.60. The van der Waals surface area contributed by atoms with Crippen molar-refractivity contribution in [1.82, 2.24) is 25.3 Å². The van der Waals surface area contributed by atoms with Crippen molar-refractivity contribution in [2.24, 2.45) is 5.18 Å². The monoisotopic (exact) mass is 544 g/mol. The number of carbonyl (C=O) groups is 3. The van der Waals surface area contributed by atoms with E-state index >= 15 is 0 Å². The van der Waals surface area contributed by atoms with Gasteiger partial charge >= 0.3 is 6.03 Å². The molecule has 4 amide bonds. The van der Waals surface area contributed by atoms with Crippen molar-refractivity contribution >= 4 is 17.8 Å². The first-order valence-electron chi connectivity index (χ1n) is 13.4. The molecular weight excluding hydrogens is 512 g/mol. The van der Waals surface area contributed by atoms with Crippen molar-refractivity contribution < 1.29 is 19.1 Å². The number of nitroso groups, excluding NO2 is 1. The second-order valence-electron chi connectivity index (χ2n) is 10.1. The maximum atomic E-state index is 13.3. The van der Waals surface area contributed by atoms with Crippen LogP contribution in [-0.2, 0) is 11.2 Å². The molecule has 2 N–H and O–H groups in total. The zero-order valence-electron chi connectivity index (χ0n) is 22.6. The van der Waals surface area contributed by atoms with Gasteiger partial charge < -0.3 is 19.9 Å². The smallest absolute Gasteiger partial charge is 0.323 e. The highest BCUT2D eigenvalue weighted by Gasteiger charge is 2.47. The number of amides is 4. The maximum Gasteiger partial charge on any atom is 0.323 e. The summed E-state index contributed by atoms with van der Waals surface area (Å²) in [6, 6.07) is 11.8. The van der Waals surface area contributed by atoms with Crippen LogP contribution in [0.2, 0.25) is 0 Å². The van der Waals surface area contributed by atoms with E-state index in [2.05, 4.69) is 44.4 Å². The minimum absolute atomic E-state index is 0.0964. The Hall–Kier alpha value is -4.27. The van der Waals surface area contributed by atoms with Crippen LogP contribution in [0.1, 0.15) is 40.1 Å². The molecule has 3 heterocycles. The van der Waals surface area contributed by atoms with Gasteiger partial charge in [0.1, 0.15) is 5.75 Å². The Morgan fingerprint density at radius 3 is 2.42 bits per heavy atom. The molecule has 11 heteroatoms. The average Bonchev–Trinajstić information content (AvgIpc) is 3.26. The molecule has 2 aromatic carbocycles. The van der Waals surface area contributed by atoms with E-state index in [1.54, 1.807) is 31.4 Å². The molecule has 0 bridgehead atoms. The first kappa shape index (κ1) is 27.3. The predicted octanol–water partition coefficient (Wildman–Crippen LogP) is 1.73. The third-order valence-electron chi connectivity index (χ3n) is 7.78. The topological polar surface area (TPSA) is 124 Å². The summed E-state index contributed by atoms with van der Waals surface area (Å²) in [6.07, 6.45) is -0.00155. The second kappa shape index (κ2) is 11.5. The molecule has 3 aliphatic rings. The normalized spacial score (nSPS) is 22.1. The van der Waals surface area contributed by atoms with Crippen LogP contribution >= 0.6 is 0 Å². The highest BCUT2D eigenvalue weighted by molar-refractivity contribution is 6.10. The average molecular weight is 545 g/mol. The van der Waals surface area contributed by atoms with E-state index in [9.17, 15) is 19.3 Å². The van der Waals surface area contributed by atoms with Crippen LogP contribution in [-0.4, -0.2) is 91.0 Å². The fourth-order valence-corrected chi connectivity index (χ4v) is 5.39. The first-order chi connectivity index (χ1) is 19.4. The molecule has 3 aliphatic heterocycles. The van der Waals surface area contributed by atoms with Gasteiger partial charge in [-0.05, 0) is 59.6 Å². The van der Waals surface area contributed by atoms with Crippen molar-refractivity contribution in [2.75, 3.05) is 52.9 Å². The number of rotatable bonds is 7. The Morgan fingerprint density at radius 1 is 1.05 bits per heavy atom. The zero-order chi connectivity index (χ0) is 28.3. The summed E-state index contributed by atoms with van der Waals surface area (Å²) < 4.78 is 5.26. The highest BCUT2D eigenvalue weighted by Crippen LogP contribution is 2.26. The second-order valence-corrected chi connectivity index (χ2v) is 10.1. The van der Waals surface area contributed by atoms with Gasteiger partial charge in [-0.1, -0.05) is 30.9 Å². The Kier molecular flexibility index (Phi) is 7.82. The minimum Gasteiger partial charge on any atom is -0.497 e. The van der Waals surface area contributed by atoms with Gasteiger partial charge in [0.2, 0.25) is 5.54 Å². The van der Waals surface area contributed by atoms with Gasteiger partial charge in [0.15, 0.2) is 6.17 Å². The first-order valence-corrected chi connectivity index (χ1v) is 13.4. The van der Waals surface area contributed by atoms with Gasteiger partial charge in [0, 0.05) is 43.9 Å². The summed E-state index contributed by atoms with van der Waals surface area (Å²) in [4.78, 5) is 56.0. The maximum absolute atomic E-state index is 13.3. The number of urea groups is 1. The number of hydrogen-bond acceptors (Lipinski definition) is 8. The molecule has 0 radical (unpaired) electrons. The number of carbonyl (C=O) groups excluding carboxylic acids is 3. The molecule has 0 aromatic heterocycles. The third kappa shape index (κ3) is 5.41. The van der Waals surface area contributed by atoms with Crippen LogP contribution in [0.3, 0.4) is 0 Å². The fraction of sp³-hybridized carbons (Fsp3) is 0.414. The highest BCUT2D eigenvalue weighted by atomic mass is 16.5. The van der Waals surface area contributed by atoms with Gasteiger partial charge in [-0.3, -0.25) is 19.8 Å². The van der Waals surface area contributed by atoms with Crippen molar-refractivity contribution in [3.05, 3.63) is 69.6 Å². The number of imide groups is 1. The Balaban J connectivity index is 1.34. The lowest BCUT2D eigenvalue weighted by atomic mass is 9.94. The SMILES string of the molecule is CCN1CCN(C(N=O)c2ccc(C#C[C@]3(CN4CCc5cc(OC)ccc5C4=O)NC(=O)NC3=O)cc2)CC1. The van der Waals surface area contributed by atoms with Gasteiger partial charge in [0.25, 0.3) is 11.8 Å². The molecule has 2 saturated heterocycles. The number of methoxy groups -OCH3 is 1. The van der Waals surface area contributed by atoms with Gasteiger partial charge in [-0.2, -0.15) is 0 Å². The third-order valence-corrected chi connectivity index (χ3v) is 7.78. The van der Waals surface area contributed by atoms with Crippen LogP contribution in [0, 0.1) is 16.7 Å². The quantitative estimate of drug-likeness (QED) is 0.309. The standard InChI is InChI=1S/C29H32N6O5/c1-3-33-14-16-34(17-15-33)25(32-39)21-6-4-20(5-7-21)10-12-29(27(37)30-28(38)31-29)19-35-13-11-22-18-23(40-2)8-9-24(22)26(35)36/h4-9,18,25H,3,11,13-17,19H2,1-2H3,(H2,30,31,37,38)/t25?,29-/m1/s1. The van der Waals surface area contributed by atoms with Gasteiger partial charge in [-0.15, -0.1) is 4.91 Å². The summed E-state index contributed by atoms with van der Waals surface area (Å²) >= 11 is 0. The number of likely N-dealkylation sites (N-methyl/N-ethyl adjacent to an activating group) is 1. The number of nitrogens with one attached hydrogen (secondary N) is 2. The van der Waals surface area contributed by atoms with Crippen LogP contribution in [0.15, 0.2) is 47.6 Å². The Labute approximate surface area is 232 Å². The summed E-state index contributed by atoms with van der Waals surface area (Å²) in [7, 11) is 1.57.